The molecule has 1 aromatic carbocycles. The molecule has 94 valence electrons. The molecule has 0 amide bonds. The fraction of sp³-hybridized carbons (Fsp3) is 0.538. The lowest BCUT2D eigenvalue weighted by molar-refractivity contribution is 0.0594. The fourth-order valence-electron chi connectivity index (χ4n) is 2.19. The zero-order valence-electron chi connectivity index (χ0n) is 9.90. The van der Waals surface area contributed by atoms with Gasteiger partial charge in [-0.05, 0) is 32.3 Å². The zero-order valence-corrected chi connectivity index (χ0v) is 9.90. The fourth-order valence-corrected chi connectivity index (χ4v) is 2.19. The van der Waals surface area contributed by atoms with Gasteiger partial charge in [0.1, 0.15) is 17.7 Å². The Morgan fingerprint density at radius 1 is 1.47 bits per heavy atom. The average molecular weight is 239 g/mol. The second-order valence-electron chi connectivity index (χ2n) is 4.63. The predicted molar refractivity (Wildman–Crippen MR) is 63.3 cm³/mol. The summed E-state index contributed by atoms with van der Waals surface area (Å²) in [5.74, 6) is 0.0998. The lowest BCUT2D eigenvalue weighted by Crippen LogP contribution is -2.26. The van der Waals surface area contributed by atoms with Crippen molar-refractivity contribution in [2.45, 2.75) is 44.4 Å². The third-order valence-corrected chi connectivity index (χ3v) is 3.16. The molecule has 0 radical (unpaired) electrons. The Morgan fingerprint density at radius 2 is 2.24 bits per heavy atom. The van der Waals surface area contributed by atoms with Crippen LogP contribution in [0.5, 0.6) is 5.75 Å². The monoisotopic (exact) mass is 239 g/mol. The largest absolute Gasteiger partial charge is 0.487 e. The van der Waals surface area contributed by atoms with Crippen LogP contribution in [0.1, 0.15) is 37.8 Å². The van der Waals surface area contributed by atoms with E-state index in [4.69, 9.17) is 10.5 Å². The second-order valence-corrected chi connectivity index (χ2v) is 4.63. The number of hydrogen-bond donors (Lipinski definition) is 2. The van der Waals surface area contributed by atoms with E-state index in [0.717, 1.165) is 24.8 Å². The Labute approximate surface area is 100 Å². The van der Waals surface area contributed by atoms with Gasteiger partial charge in [-0.1, -0.05) is 6.07 Å². The van der Waals surface area contributed by atoms with Crippen LogP contribution in [0.4, 0.5) is 4.39 Å². The summed E-state index contributed by atoms with van der Waals surface area (Å²) in [6.45, 7) is 1.82. The van der Waals surface area contributed by atoms with Crippen LogP contribution in [0.15, 0.2) is 18.2 Å². The summed E-state index contributed by atoms with van der Waals surface area (Å²) in [5, 5.41) is 9.70. The summed E-state index contributed by atoms with van der Waals surface area (Å²) in [6, 6.07) is 4.13. The van der Waals surface area contributed by atoms with Crippen LogP contribution in [0.3, 0.4) is 0 Å². The molecule has 0 saturated heterocycles. The Balaban J connectivity index is 2.21. The van der Waals surface area contributed by atoms with Gasteiger partial charge in [0.2, 0.25) is 0 Å². The Hall–Kier alpha value is -1.13. The first-order valence-corrected chi connectivity index (χ1v) is 5.97. The summed E-state index contributed by atoms with van der Waals surface area (Å²) in [6.07, 6.45) is 1.78. The van der Waals surface area contributed by atoms with Gasteiger partial charge in [0.25, 0.3) is 0 Å². The van der Waals surface area contributed by atoms with Crippen molar-refractivity contribution in [2.75, 3.05) is 0 Å². The van der Waals surface area contributed by atoms with Crippen molar-refractivity contribution in [3.05, 3.63) is 29.6 Å². The van der Waals surface area contributed by atoms with Crippen LogP contribution in [-0.4, -0.2) is 17.3 Å². The molecule has 1 fully saturated rings. The first-order chi connectivity index (χ1) is 8.08. The van der Waals surface area contributed by atoms with Gasteiger partial charge < -0.3 is 15.6 Å². The molecular weight excluding hydrogens is 221 g/mol. The molecular formula is C13H18FNO2. The maximum atomic E-state index is 13.2. The van der Waals surface area contributed by atoms with Gasteiger partial charge in [0, 0.05) is 17.7 Å². The summed E-state index contributed by atoms with van der Waals surface area (Å²) < 4.78 is 18.9. The van der Waals surface area contributed by atoms with Crippen LogP contribution < -0.4 is 10.5 Å². The topological polar surface area (TPSA) is 55.5 Å². The van der Waals surface area contributed by atoms with E-state index in [1.807, 2.05) is 6.92 Å². The molecule has 1 aliphatic rings. The third-order valence-electron chi connectivity index (χ3n) is 3.16. The zero-order chi connectivity index (χ0) is 12.4. The quantitative estimate of drug-likeness (QED) is 0.849. The van der Waals surface area contributed by atoms with E-state index in [2.05, 4.69) is 0 Å². The van der Waals surface area contributed by atoms with E-state index in [1.165, 1.54) is 12.1 Å². The van der Waals surface area contributed by atoms with Crippen molar-refractivity contribution in [1.82, 2.24) is 0 Å². The number of nitrogens with two attached hydrogens (primary N) is 1. The van der Waals surface area contributed by atoms with E-state index in [0.29, 0.717) is 5.75 Å². The van der Waals surface area contributed by atoms with E-state index in [9.17, 15) is 9.50 Å². The molecule has 3 N–H and O–H groups in total. The molecule has 3 nitrogen and oxygen atoms in total. The Bertz CT molecular complexity index is 395. The summed E-state index contributed by atoms with van der Waals surface area (Å²) in [4.78, 5) is 0. The predicted octanol–water partition coefficient (Wildman–Crippen LogP) is 2.14. The molecule has 0 aliphatic heterocycles. The maximum Gasteiger partial charge on any atom is 0.127 e. The summed E-state index contributed by atoms with van der Waals surface area (Å²) in [5.41, 5.74) is 6.58. The number of rotatable bonds is 3. The number of hydrogen-bond acceptors (Lipinski definition) is 3. The summed E-state index contributed by atoms with van der Waals surface area (Å²) in [7, 11) is 0. The van der Waals surface area contributed by atoms with Gasteiger partial charge in [-0.3, -0.25) is 0 Å². The number of ether oxygens (including phenoxy) is 1. The van der Waals surface area contributed by atoms with E-state index < -0.39 is 6.10 Å². The van der Waals surface area contributed by atoms with Crippen LogP contribution in [0.25, 0.3) is 0 Å². The van der Waals surface area contributed by atoms with E-state index >= 15 is 0 Å². The highest BCUT2D eigenvalue weighted by atomic mass is 19.1. The molecule has 0 bridgehead atoms. The highest BCUT2D eigenvalue weighted by molar-refractivity contribution is 5.36. The minimum absolute atomic E-state index is 0.218. The lowest BCUT2D eigenvalue weighted by Gasteiger charge is -2.20. The smallest absolute Gasteiger partial charge is 0.127 e. The molecule has 1 aromatic rings. The van der Waals surface area contributed by atoms with Crippen molar-refractivity contribution in [3.63, 3.8) is 0 Å². The van der Waals surface area contributed by atoms with Gasteiger partial charge in [-0.15, -0.1) is 0 Å². The molecule has 0 heterocycles. The third kappa shape index (κ3) is 2.76. The molecule has 3 atom stereocenters. The highest BCUT2D eigenvalue weighted by Crippen LogP contribution is 2.30. The molecule has 1 aliphatic carbocycles. The first kappa shape index (κ1) is 12.3. The lowest BCUT2D eigenvalue weighted by atomic mass is 10.1. The maximum absolute atomic E-state index is 13.2. The second kappa shape index (κ2) is 5.02. The number of aliphatic hydroxyl groups is 1. The van der Waals surface area contributed by atoms with Crippen LogP contribution >= 0.6 is 0 Å². The molecule has 4 heteroatoms. The van der Waals surface area contributed by atoms with Gasteiger partial charge in [0.15, 0.2) is 0 Å². The molecule has 0 spiro atoms. The molecule has 0 aromatic heterocycles. The number of aliphatic hydroxyl groups excluding tert-OH is 1. The molecule has 2 rings (SSSR count). The molecule has 2 unspecified atom stereocenters. The number of benzene rings is 1. The standard InChI is InChI=1S/C13H18FNO2/c1-8(15)10-6-5-9(14)7-13(10)17-12-4-2-3-11(12)16/h5-8,11-12,16H,2-4,15H2,1H3/t8-,11?,12?/m1/s1. The SMILES string of the molecule is C[C@@H](N)c1ccc(F)cc1OC1CCCC1O. The van der Waals surface area contributed by atoms with Gasteiger partial charge in [0.05, 0.1) is 6.10 Å². The number of halogens is 1. The van der Waals surface area contributed by atoms with E-state index in [-0.39, 0.29) is 18.0 Å². The highest BCUT2D eigenvalue weighted by Gasteiger charge is 2.27. The normalized spacial score (nSPS) is 25.9. The van der Waals surface area contributed by atoms with Crippen molar-refractivity contribution in [2.24, 2.45) is 5.73 Å². The molecule has 17 heavy (non-hydrogen) atoms. The Kier molecular flexibility index (Phi) is 3.64. The van der Waals surface area contributed by atoms with Gasteiger partial charge in [-0.2, -0.15) is 0 Å². The van der Waals surface area contributed by atoms with Crippen LogP contribution in [-0.2, 0) is 0 Å². The van der Waals surface area contributed by atoms with Crippen molar-refractivity contribution < 1.29 is 14.2 Å². The average Bonchev–Trinajstić information content (AvgIpc) is 2.64. The van der Waals surface area contributed by atoms with Crippen molar-refractivity contribution >= 4 is 0 Å². The van der Waals surface area contributed by atoms with Crippen LogP contribution in [0, 0.1) is 5.82 Å². The summed E-state index contributed by atoms with van der Waals surface area (Å²) >= 11 is 0. The minimum Gasteiger partial charge on any atom is -0.487 e. The first-order valence-electron chi connectivity index (χ1n) is 5.97. The van der Waals surface area contributed by atoms with Crippen molar-refractivity contribution in [3.8, 4) is 5.75 Å². The van der Waals surface area contributed by atoms with Crippen LogP contribution in [0.2, 0.25) is 0 Å². The van der Waals surface area contributed by atoms with Crippen molar-refractivity contribution in [1.29, 1.82) is 0 Å². The minimum atomic E-state index is -0.459. The van der Waals surface area contributed by atoms with Gasteiger partial charge in [-0.25, -0.2) is 4.39 Å². The van der Waals surface area contributed by atoms with Gasteiger partial charge >= 0.3 is 0 Å². The molecule has 1 saturated carbocycles. The van der Waals surface area contributed by atoms with E-state index in [1.54, 1.807) is 6.07 Å². The Morgan fingerprint density at radius 3 is 2.82 bits per heavy atom.